The minimum absolute atomic E-state index is 0.0954. The average molecular weight is 375 g/mol. The Morgan fingerprint density at radius 2 is 1.50 bits per heavy atom. The molecular weight excluding hydrogens is 350 g/mol. The van der Waals surface area contributed by atoms with E-state index < -0.39 is 0 Å². The van der Waals surface area contributed by atoms with E-state index in [1.165, 1.54) is 0 Å². The molecule has 144 valence electrons. The van der Waals surface area contributed by atoms with E-state index in [2.05, 4.69) is 10.6 Å². The summed E-state index contributed by atoms with van der Waals surface area (Å²) in [6.07, 6.45) is 0. The summed E-state index contributed by atoms with van der Waals surface area (Å²) in [5.41, 5.74) is 3.86. The minimum Gasteiger partial charge on any atom is -0.489 e. The highest BCUT2D eigenvalue weighted by molar-refractivity contribution is 5.93. The van der Waals surface area contributed by atoms with Crippen molar-refractivity contribution >= 4 is 23.0 Å². The summed E-state index contributed by atoms with van der Waals surface area (Å²) in [6, 6.07) is 25.3. The van der Waals surface area contributed by atoms with Gasteiger partial charge in [0, 0.05) is 31.2 Å². The summed E-state index contributed by atoms with van der Waals surface area (Å²) in [6.45, 7) is 0.724. The predicted molar refractivity (Wildman–Crippen MR) is 115 cm³/mol. The molecule has 5 heteroatoms. The van der Waals surface area contributed by atoms with Gasteiger partial charge in [0.25, 0.3) is 0 Å². The van der Waals surface area contributed by atoms with Crippen molar-refractivity contribution in [3.8, 4) is 5.75 Å². The van der Waals surface area contributed by atoms with Gasteiger partial charge in [0.15, 0.2) is 0 Å². The third kappa shape index (κ3) is 5.77. The fourth-order valence-electron chi connectivity index (χ4n) is 2.64. The van der Waals surface area contributed by atoms with Gasteiger partial charge in [-0.05, 0) is 54.1 Å². The molecule has 0 radical (unpaired) electrons. The van der Waals surface area contributed by atoms with Crippen LogP contribution in [0.2, 0.25) is 0 Å². The van der Waals surface area contributed by atoms with Gasteiger partial charge in [-0.2, -0.15) is 0 Å². The van der Waals surface area contributed by atoms with Crippen molar-refractivity contribution in [3.63, 3.8) is 0 Å². The van der Waals surface area contributed by atoms with E-state index in [9.17, 15) is 4.79 Å². The van der Waals surface area contributed by atoms with Crippen LogP contribution in [-0.2, 0) is 11.4 Å². The van der Waals surface area contributed by atoms with Crippen molar-refractivity contribution in [2.45, 2.75) is 6.61 Å². The predicted octanol–water partition coefficient (Wildman–Crippen LogP) is 4.38. The number of ether oxygens (including phenoxy) is 1. The van der Waals surface area contributed by atoms with Gasteiger partial charge in [0.2, 0.25) is 5.91 Å². The largest absolute Gasteiger partial charge is 0.489 e. The molecule has 0 unspecified atom stereocenters. The van der Waals surface area contributed by atoms with Gasteiger partial charge in [-0.15, -0.1) is 0 Å². The van der Waals surface area contributed by atoms with Crippen LogP contribution >= 0.6 is 0 Å². The van der Waals surface area contributed by atoms with E-state index in [1.54, 1.807) is 0 Å². The number of amides is 1. The van der Waals surface area contributed by atoms with Gasteiger partial charge < -0.3 is 20.3 Å². The molecule has 0 aliphatic carbocycles. The Labute approximate surface area is 166 Å². The molecule has 3 aromatic carbocycles. The average Bonchev–Trinajstić information content (AvgIpc) is 2.72. The lowest BCUT2D eigenvalue weighted by Crippen LogP contribution is -2.21. The van der Waals surface area contributed by atoms with Crippen molar-refractivity contribution in [1.82, 2.24) is 0 Å². The maximum Gasteiger partial charge on any atom is 0.243 e. The highest BCUT2D eigenvalue weighted by Gasteiger charge is 2.04. The zero-order chi connectivity index (χ0) is 19.8. The van der Waals surface area contributed by atoms with E-state index >= 15 is 0 Å². The lowest BCUT2D eigenvalue weighted by molar-refractivity contribution is -0.114. The molecule has 0 aliphatic rings. The number of hydrogen-bond donors (Lipinski definition) is 2. The standard InChI is InChI=1S/C23H25N3O2/c1-26(2)21-12-8-20(9-13-21)25-23(27)16-24-19-10-14-22(15-11-19)28-17-18-6-4-3-5-7-18/h3-15,24H,16-17H2,1-2H3,(H,25,27). The number of nitrogens with one attached hydrogen (secondary N) is 2. The third-order valence-corrected chi connectivity index (χ3v) is 4.22. The third-order valence-electron chi connectivity index (χ3n) is 4.22. The van der Waals surface area contributed by atoms with Gasteiger partial charge in [-0.1, -0.05) is 30.3 Å². The second-order valence-electron chi connectivity index (χ2n) is 6.64. The molecule has 2 N–H and O–H groups in total. The second-order valence-corrected chi connectivity index (χ2v) is 6.64. The normalized spacial score (nSPS) is 10.2. The molecular formula is C23H25N3O2. The molecule has 0 saturated heterocycles. The molecule has 3 rings (SSSR count). The lowest BCUT2D eigenvalue weighted by Gasteiger charge is -2.13. The Bertz CT molecular complexity index is 876. The van der Waals surface area contributed by atoms with Crippen LogP contribution < -0.4 is 20.3 Å². The smallest absolute Gasteiger partial charge is 0.243 e. The molecule has 0 aromatic heterocycles. The minimum atomic E-state index is -0.0954. The Morgan fingerprint density at radius 3 is 2.14 bits per heavy atom. The van der Waals surface area contributed by atoms with Crippen molar-refractivity contribution in [2.75, 3.05) is 36.2 Å². The van der Waals surface area contributed by atoms with Gasteiger partial charge in [0.05, 0.1) is 6.54 Å². The molecule has 28 heavy (non-hydrogen) atoms. The monoisotopic (exact) mass is 375 g/mol. The first-order chi connectivity index (χ1) is 13.6. The van der Waals surface area contributed by atoms with Crippen LogP contribution in [0.25, 0.3) is 0 Å². The van der Waals surface area contributed by atoms with E-state index in [0.717, 1.165) is 28.4 Å². The van der Waals surface area contributed by atoms with Crippen molar-refractivity contribution in [2.24, 2.45) is 0 Å². The summed E-state index contributed by atoms with van der Waals surface area (Å²) in [5.74, 6) is 0.696. The first-order valence-corrected chi connectivity index (χ1v) is 9.18. The van der Waals surface area contributed by atoms with Crippen molar-refractivity contribution in [3.05, 3.63) is 84.4 Å². The molecule has 0 saturated carbocycles. The number of carbonyl (C=O) groups is 1. The number of rotatable bonds is 8. The fraction of sp³-hybridized carbons (Fsp3) is 0.174. The topological polar surface area (TPSA) is 53.6 Å². The summed E-state index contributed by atoms with van der Waals surface area (Å²) in [7, 11) is 3.96. The molecule has 5 nitrogen and oxygen atoms in total. The van der Waals surface area contributed by atoms with Crippen LogP contribution in [-0.4, -0.2) is 26.5 Å². The van der Waals surface area contributed by atoms with Crippen molar-refractivity contribution in [1.29, 1.82) is 0 Å². The molecule has 0 bridgehead atoms. The summed E-state index contributed by atoms with van der Waals surface area (Å²) >= 11 is 0. The van der Waals surface area contributed by atoms with E-state index in [0.29, 0.717) is 6.61 Å². The fourth-order valence-corrected chi connectivity index (χ4v) is 2.64. The SMILES string of the molecule is CN(C)c1ccc(NC(=O)CNc2ccc(OCc3ccccc3)cc2)cc1. The maximum absolute atomic E-state index is 12.1. The zero-order valence-corrected chi connectivity index (χ0v) is 16.2. The number of anilines is 3. The number of benzene rings is 3. The molecule has 0 aliphatic heterocycles. The van der Waals surface area contributed by atoms with E-state index in [-0.39, 0.29) is 12.5 Å². The van der Waals surface area contributed by atoms with Crippen LogP contribution in [0.15, 0.2) is 78.9 Å². The Balaban J connectivity index is 1.44. The molecule has 0 heterocycles. The van der Waals surface area contributed by atoms with Crippen LogP contribution in [0.3, 0.4) is 0 Å². The summed E-state index contributed by atoms with van der Waals surface area (Å²) in [5, 5.41) is 6.00. The molecule has 0 atom stereocenters. The number of hydrogen-bond acceptors (Lipinski definition) is 4. The van der Waals surface area contributed by atoms with Crippen LogP contribution in [0.4, 0.5) is 17.1 Å². The Hall–Kier alpha value is -3.47. The van der Waals surface area contributed by atoms with E-state index in [1.807, 2.05) is 97.9 Å². The Morgan fingerprint density at radius 1 is 0.857 bits per heavy atom. The highest BCUT2D eigenvalue weighted by Crippen LogP contribution is 2.18. The highest BCUT2D eigenvalue weighted by atomic mass is 16.5. The van der Waals surface area contributed by atoms with Crippen molar-refractivity contribution < 1.29 is 9.53 Å². The maximum atomic E-state index is 12.1. The van der Waals surface area contributed by atoms with Crippen LogP contribution in [0.5, 0.6) is 5.75 Å². The van der Waals surface area contributed by atoms with Crippen LogP contribution in [0, 0.1) is 0 Å². The molecule has 1 amide bonds. The second kappa shape index (κ2) is 9.46. The van der Waals surface area contributed by atoms with Gasteiger partial charge >= 0.3 is 0 Å². The van der Waals surface area contributed by atoms with Gasteiger partial charge in [-0.25, -0.2) is 0 Å². The first kappa shape index (κ1) is 19.3. The van der Waals surface area contributed by atoms with Gasteiger partial charge in [0.1, 0.15) is 12.4 Å². The number of carbonyl (C=O) groups excluding carboxylic acids is 1. The molecule has 0 fully saturated rings. The first-order valence-electron chi connectivity index (χ1n) is 9.18. The quantitative estimate of drug-likeness (QED) is 0.613. The van der Waals surface area contributed by atoms with E-state index in [4.69, 9.17) is 4.74 Å². The summed E-state index contributed by atoms with van der Waals surface area (Å²) < 4.78 is 5.77. The van der Waals surface area contributed by atoms with Gasteiger partial charge in [-0.3, -0.25) is 4.79 Å². The summed E-state index contributed by atoms with van der Waals surface area (Å²) in [4.78, 5) is 14.1. The molecule has 3 aromatic rings. The Kier molecular flexibility index (Phi) is 6.52. The molecule has 0 spiro atoms. The zero-order valence-electron chi connectivity index (χ0n) is 16.2. The number of nitrogens with zero attached hydrogens (tertiary/aromatic N) is 1. The van der Waals surface area contributed by atoms with Crippen LogP contribution in [0.1, 0.15) is 5.56 Å². The lowest BCUT2D eigenvalue weighted by atomic mass is 10.2.